The third-order valence-electron chi connectivity index (χ3n) is 8.76. The maximum Gasteiger partial charge on any atom is 0.325 e. The van der Waals surface area contributed by atoms with Gasteiger partial charge in [-0.2, -0.15) is 5.26 Å². The average Bonchev–Trinajstić information content (AvgIpc) is 3.40. The number of esters is 1. The van der Waals surface area contributed by atoms with Crippen LogP contribution in [0.15, 0.2) is 54.6 Å². The molecule has 0 unspecified atom stereocenters. The molecule has 2 fully saturated rings. The number of nitriles is 1. The number of nitrogens with one attached hydrogen (secondary N) is 1. The van der Waals surface area contributed by atoms with E-state index in [1.165, 1.54) is 6.07 Å². The van der Waals surface area contributed by atoms with Crippen LogP contribution in [0.4, 0.5) is 4.39 Å². The third-order valence-corrected chi connectivity index (χ3v) is 8.76. The number of pyridine rings is 1. The number of halogens is 1. The predicted molar refractivity (Wildman–Crippen MR) is 179 cm³/mol. The number of piperidine rings is 1. The molecule has 2 saturated heterocycles. The monoisotopic (exact) mass is 668 g/mol. The van der Waals surface area contributed by atoms with Gasteiger partial charge < -0.3 is 24.1 Å². The van der Waals surface area contributed by atoms with Crippen LogP contribution >= 0.6 is 0 Å². The predicted octanol–water partition coefficient (Wildman–Crippen LogP) is 5.26. The zero-order chi connectivity index (χ0) is 34.5. The van der Waals surface area contributed by atoms with Crippen molar-refractivity contribution in [1.29, 1.82) is 5.26 Å². The molecule has 1 N–H and O–H groups in total. The largest absolute Gasteiger partial charge is 0.473 e. The topological polar surface area (TPSA) is 132 Å². The number of carbonyl (C=O) groups excluding carboxylic acids is 2. The van der Waals surface area contributed by atoms with Gasteiger partial charge >= 0.3 is 5.97 Å². The zero-order valence-electron chi connectivity index (χ0n) is 28.1. The molecule has 0 saturated carbocycles. The van der Waals surface area contributed by atoms with Crippen molar-refractivity contribution in [2.45, 2.75) is 77.4 Å². The minimum absolute atomic E-state index is 0.0254. The van der Waals surface area contributed by atoms with E-state index in [9.17, 15) is 14.0 Å². The summed E-state index contributed by atoms with van der Waals surface area (Å²) in [7, 11) is 0. The van der Waals surface area contributed by atoms with Crippen LogP contribution < -0.4 is 10.1 Å². The Balaban J connectivity index is 1.09. The molecule has 1 atom stereocenters. The highest BCUT2D eigenvalue weighted by Crippen LogP contribution is 2.30. The molecule has 2 aromatic carbocycles. The molecule has 4 heterocycles. The maximum atomic E-state index is 14.3. The number of nitrogens with zero attached hydrogens (tertiary/aromatic N) is 5. The van der Waals surface area contributed by atoms with Gasteiger partial charge in [-0.15, -0.1) is 0 Å². The number of aromatic nitrogens is 3. The quantitative estimate of drug-likeness (QED) is 0.213. The number of amides is 1. The van der Waals surface area contributed by atoms with E-state index >= 15 is 0 Å². The van der Waals surface area contributed by atoms with Crippen LogP contribution in [0.3, 0.4) is 0 Å². The summed E-state index contributed by atoms with van der Waals surface area (Å²) in [6, 6.07) is 17.4. The molecular weight excluding hydrogens is 627 g/mol. The Morgan fingerprint density at radius 1 is 1.08 bits per heavy atom. The first-order valence-corrected chi connectivity index (χ1v) is 16.7. The minimum atomic E-state index is -0.628. The number of hydrogen-bond acceptors (Lipinski definition) is 9. The molecule has 2 aliphatic rings. The number of carbonyl (C=O) groups is 2. The van der Waals surface area contributed by atoms with Gasteiger partial charge in [0.1, 0.15) is 30.4 Å². The van der Waals surface area contributed by atoms with Gasteiger partial charge in [0.15, 0.2) is 0 Å². The third kappa shape index (κ3) is 8.60. The lowest BCUT2D eigenvalue weighted by Gasteiger charge is -2.32. The summed E-state index contributed by atoms with van der Waals surface area (Å²) < 4.78 is 33.4. The van der Waals surface area contributed by atoms with Crippen molar-refractivity contribution in [3.05, 3.63) is 88.6 Å². The summed E-state index contributed by atoms with van der Waals surface area (Å²) in [5, 5.41) is 11.6. The second-order valence-electron chi connectivity index (χ2n) is 13.6. The van der Waals surface area contributed by atoms with E-state index in [4.69, 9.17) is 29.4 Å². The molecule has 1 amide bonds. The fourth-order valence-corrected chi connectivity index (χ4v) is 6.11. The number of imidazole rings is 1. The first-order chi connectivity index (χ1) is 23.5. The molecule has 0 spiro atoms. The molecular formula is C37H41FN6O5. The molecule has 256 valence electrons. The van der Waals surface area contributed by atoms with E-state index < -0.39 is 17.4 Å². The highest BCUT2D eigenvalue weighted by Gasteiger charge is 2.26. The smallest absolute Gasteiger partial charge is 0.325 e. The SMILES string of the molecule is CC(C)(C)OC(=O)CNC(=O)c1ccc2nc(CN3CCC(c4cccc(OCc5ccc(C#N)cc5F)n4)CC3)n(C[C@@H]3CCO3)c2c1. The number of rotatable bonds is 11. The molecule has 6 rings (SSSR count). The van der Waals surface area contributed by atoms with Gasteiger partial charge in [-0.05, 0) is 89.5 Å². The van der Waals surface area contributed by atoms with E-state index in [2.05, 4.69) is 14.8 Å². The lowest BCUT2D eigenvalue weighted by Crippen LogP contribution is -2.35. The molecule has 4 aromatic rings. The zero-order valence-corrected chi connectivity index (χ0v) is 28.1. The summed E-state index contributed by atoms with van der Waals surface area (Å²) in [6.07, 6.45) is 2.89. The van der Waals surface area contributed by atoms with Gasteiger partial charge in [0, 0.05) is 35.4 Å². The lowest BCUT2D eigenvalue weighted by molar-refractivity contribution is -0.153. The summed E-state index contributed by atoms with van der Waals surface area (Å²) in [6.45, 7) is 8.92. The first-order valence-electron chi connectivity index (χ1n) is 16.7. The van der Waals surface area contributed by atoms with E-state index in [1.54, 1.807) is 45.0 Å². The molecule has 12 heteroatoms. The van der Waals surface area contributed by atoms with Crippen molar-refractivity contribution in [3.63, 3.8) is 0 Å². The van der Waals surface area contributed by atoms with Crippen molar-refractivity contribution in [2.24, 2.45) is 0 Å². The van der Waals surface area contributed by atoms with Crippen LogP contribution in [-0.4, -0.2) is 69.3 Å². The Bertz CT molecular complexity index is 1870. The van der Waals surface area contributed by atoms with Crippen LogP contribution in [0.25, 0.3) is 11.0 Å². The molecule has 2 aliphatic heterocycles. The van der Waals surface area contributed by atoms with Crippen LogP contribution in [-0.2, 0) is 34.0 Å². The van der Waals surface area contributed by atoms with Crippen molar-refractivity contribution in [1.82, 2.24) is 24.8 Å². The van der Waals surface area contributed by atoms with E-state index in [0.29, 0.717) is 30.1 Å². The summed E-state index contributed by atoms with van der Waals surface area (Å²) in [5.41, 5.74) is 3.05. The number of benzene rings is 2. The number of likely N-dealkylation sites (tertiary alicyclic amines) is 1. The second-order valence-corrected chi connectivity index (χ2v) is 13.6. The van der Waals surface area contributed by atoms with Crippen LogP contribution in [0.1, 0.15) is 79.0 Å². The summed E-state index contributed by atoms with van der Waals surface area (Å²) >= 11 is 0. The van der Waals surface area contributed by atoms with Crippen LogP contribution in [0, 0.1) is 17.1 Å². The molecule has 0 bridgehead atoms. The Kier molecular flexibility index (Phi) is 10.2. The minimum Gasteiger partial charge on any atom is -0.473 e. The maximum absolute atomic E-state index is 14.3. The van der Waals surface area contributed by atoms with Gasteiger partial charge in [0.05, 0.1) is 41.9 Å². The molecule has 0 aliphatic carbocycles. The molecule has 2 aromatic heterocycles. The summed E-state index contributed by atoms with van der Waals surface area (Å²) in [5.74, 6) is 0.294. The normalized spacial score (nSPS) is 16.9. The second kappa shape index (κ2) is 14.7. The van der Waals surface area contributed by atoms with Crippen molar-refractivity contribution in [3.8, 4) is 11.9 Å². The highest BCUT2D eigenvalue weighted by atomic mass is 19.1. The Morgan fingerprint density at radius 3 is 2.57 bits per heavy atom. The fourth-order valence-electron chi connectivity index (χ4n) is 6.11. The van der Waals surface area contributed by atoms with Gasteiger partial charge in [0.2, 0.25) is 5.88 Å². The van der Waals surface area contributed by atoms with Crippen LogP contribution in [0.5, 0.6) is 5.88 Å². The fraction of sp³-hybridized carbons (Fsp3) is 0.432. The van der Waals surface area contributed by atoms with Gasteiger partial charge in [-0.25, -0.2) is 14.4 Å². The van der Waals surface area contributed by atoms with E-state index in [-0.39, 0.29) is 36.6 Å². The number of fused-ring (bicyclic) bond motifs is 1. The molecule has 11 nitrogen and oxygen atoms in total. The first kappa shape index (κ1) is 34.0. The van der Waals surface area contributed by atoms with E-state index in [0.717, 1.165) is 61.5 Å². The lowest BCUT2D eigenvalue weighted by atomic mass is 9.93. The van der Waals surface area contributed by atoms with E-state index in [1.807, 2.05) is 30.3 Å². The van der Waals surface area contributed by atoms with Gasteiger partial charge in [-0.1, -0.05) is 12.1 Å². The van der Waals surface area contributed by atoms with Crippen molar-refractivity contribution >= 4 is 22.9 Å². The Labute approximate surface area is 285 Å². The molecule has 49 heavy (non-hydrogen) atoms. The number of ether oxygens (including phenoxy) is 3. The van der Waals surface area contributed by atoms with Gasteiger partial charge in [-0.3, -0.25) is 14.5 Å². The van der Waals surface area contributed by atoms with Crippen molar-refractivity contribution < 1.29 is 28.2 Å². The molecule has 0 radical (unpaired) electrons. The van der Waals surface area contributed by atoms with Crippen LogP contribution in [0.2, 0.25) is 0 Å². The number of hydrogen-bond donors (Lipinski definition) is 1. The average molecular weight is 669 g/mol. The standard InChI is InChI=1S/C37H41FN6O5/c1-37(2,3)49-35(45)20-40-36(46)26-9-10-31-32(18-26)44(21-28-13-16-47-28)33(41-31)22-43-14-11-25(12-15-43)30-5-4-6-34(42-30)48-23-27-8-7-24(19-39)17-29(27)38/h4-10,17-18,25,28H,11-16,20-23H2,1-3H3,(H,40,46)/t28-/m0/s1. The Morgan fingerprint density at radius 2 is 1.88 bits per heavy atom. The van der Waals surface area contributed by atoms with Gasteiger partial charge in [0.25, 0.3) is 5.91 Å². The Hall–Kier alpha value is -4.86. The van der Waals surface area contributed by atoms with Crippen molar-refractivity contribution in [2.75, 3.05) is 26.2 Å². The summed E-state index contributed by atoms with van der Waals surface area (Å²) in [4.78, 5) is 37.2. The highest BCUT2D eigenvalue weighted by molar-refractivity contribution is 5.98.